The van der Waals surface area contributed by atoms with E-state index in [0.29, 0.717) is 0 Å². The van der Waals surface area contributed by atoms with Crippen molar-refractivity contribution in [2.24, 2.45) is 0 Å². The molecule has 0 unspecified atom stereocenters. The standard InChI is InChI=1S/C36H34B/c1-2-3-4-11-27-37(34-24-12-18-28-15-5-8-21-31(28)34,35-25-13-19-29-16-6-9-22-32(29)35)36-26-14-20-30-17-7-10-23-33(30)36/h5-10,12-26H,2-4,11,27H2,1H3/q-1. The molecule has 0 amide bonds. The molecule has 0 nitrogen and oxygen atoms in total. The molecule has 0 fully saturated rings. The Morgan fingerprint density at radius 2 is 0.784 bits per heavy atom. The minimum atomic E-state index is -1.26. The normalized spacial score (nSPS) is 11.9. The Morgan fingerprint density at radius 3 is 1.19 bits per heavy atom. The summed E-state index contributed by atoms with van der Waals surface area (Å²) in [5.74, 6) is 0. The molecule has 0 saturated heterocycles. The fourth-order valence-electron chi connectivity index (χ4n) is 6.89. The molecule has 0 heterocycles. The fourth-order valence-corrected chi connectivity index (χ4v) is 6.89. The molecule has 6 aromatic rings. The van der Waals surface area contributed by atoms with Gasteiger partial charge in [-0.1, -0.05) is 176 Å². The quantitative estimate of drug-likeness (QED) is 0.153. The lowest BCUT2D eigenvalue weighted by Gasteiger charge is -2.45. The van der Waals surface area contributed by atoms with Crippen LogP contribution in [0.4, 0.5) is 0 Å². The van der Waals surface area contributed by atoms with Crippen molar-refractivity contribution in [2.75, 3.05) is 0 Å². The van der Waals surface area contributed by atoms with Crippen molar-refractivity contribution in [2.45, 2.75) is 38.9 Å². The van der Waals surface area contributed by atoms with E-state index in [1.54, 1.807) is 0 Å². The highest BCUT2D eigenvalue weighted by atomic mass is 14.2. The Labute approximate surface area is 220 Å². The van der Waals surface area contributed by atoms with Crippen LogP contribution in [0.15, 0.2) is 127 Å². The molecule has 6 rings (SSSR count). The second kappa shape index (κ2) is 10.3. The van der Waals surface area contributed by atoms with Crippen molar-refractivity contribution in [3.05, 3.63) is 127 Å². The van der Waals surface area contributed by atoms with Crippen molar-refractivity contribution in [1.82, 2.24) is 0 Å². The first-order valence-electron chi connectivity index (χ1n) is 13.9. The minimum Gasteiger partial charge on any atom is -0.192 e. The third-order valence-electron chi connectivity index (χ3n) is 8.55. The summed E-state index contributed by atoms with van der Waals surface area (Å²) in [6.07, 6.45) is 4.88. The molecule has 182 valence electrons. The number of rotatable bonds is 8. The van der Waals surface area contributed by atoms with Crippen LogP contribution in [0, 0.1) is 0 Å². The maximum atomic E-state index is 2.42. The van der Waals surface area contributed by atoms with E-state index in [-0.39, 0.29) is 0 Å². The van der Waals surface area contributed by atoms with E-state index in [0.717, 1.165) is 6.32 Å². The predicted molar refractivity (Wildman–Crippen MR) is 165 cm³/mol. The van der Waals surface area contributed by atoms with Gasteiger partial charge < -0.3 is 0 Å². The molecule has 0 aliphatic carbocycles. The van der Waals surface area contributed by atoms with Gasteiger partial charge in [0.15, 0.2) is 0 Å². The Hall–Kier alpha value is -3.84. The van der Waals surface area contributed by atoms with Gasteiger partial charge in [0.25, 0.3) is 0 Å². The Bertz CT molecular complexity index is 1470. The first-order chi connectivity index (χ1) is 18.3. The van der Waals surface area contributed by atoms with E-state index < -0.39 is 6.15 Å². The lowest BCUT2D eigenvalue weighted by atomic mass is 9.13. The number of unbranched alkanes of at least 4 members (excludes halogenated alkanes) is 3. The first kappa shape index (κ1) is 23.6. The monoisotopic (exact) mass is 477 g/mol. The molecule has 0 aromatic heterocycles. The highest BCUT2D eigenvalue weighted by Crippen LogP contribution is 2.27. The molecule has 0 aliphatic heterocycles. The molecule has 37 heavy (non-hydrogen) atoms. The predicted octanol–water partition coefficient (Wildman–Crippen LogP) is 8.20. The molecule has 0 saturated carbocycles. The Balaban J connectivity index is 1.77. The van der Waals surface area contributed by atoms with Crippen LogP contribution in [0.25, 0.3) is 32.3 Å². The number of benzene rings is 6. The molecule has 0 aliphatic rings. The smallest absolute Gasteiger partial charge is 0.0837 e. The summed E-state index contributed by atoms with van der Waals surface area (Å²) >= 11 is 0. The summed E-state index contributed by atoms with van der Waals surface area (Å²) in [5, 5.41) is 8.09. The summed E-state index contributed by atoms with van der Waals surface area (Å²) in [6.45, 7) is 2.30. The van der Waals surface area contributed by atoms with E-state index in [4.69, 9.17) is 0 Å². The topological polar surface area (TPSA) is 0 Å². The maximum absolute atomic E-state index is 2.42. The largest absolute Gasteiger partial charge is 0.192 e. The molecule has 0 bridgehead atoms. The van der Waals surface area contributed by atoms with Gasteiger partial charge in [-0.15, -0.1) is 0 Å². The van der Waals surface area contributed by atoms with Gasteiger partial charge in [0.1, 0.15) is 0 Å². The van der Waals surface area contributed by atoms with E-state index in [2.05, 4.69) is 134 Å². The molecular formula is C36H34B-. The van der Waals surface area contributed by atoms with Crippen LogP contribution in [0.1, 0.15) is 32.6 Å². The molecule has 6 aromatic carbocycles. The Kier molecular flexibility index (Phi) is 6.54. The lowest BCUT2D eigenvalue weighted by molar-refractivity contribution is 0.699. The maximum Gasteiger partial charge on any atom is 0.0837 e. The summed E-state index contributed by atoms with van der Waals surface area (Å²) in [7, 11) is 0. The SMILES string of the molecule is CCCCCC[B-](c1cccc2ccccc12)(c1cccc2ccccc12)c1cccc2ccccc12. The molecule has 0 atom stereocenters. The van der Waals surface area contributed by atoms with E-state index in [9.17, 15) is 0 Å². The van der Waals surface area contributed by atoms with Gasteiger partial charge in [0.2, 0.25) is 0 Å². The Morgan fingerprint density at radius 1 is 0.405 bits per heavy atom. The zero-order chi connectivity index (χ0) is 25.1. The van der Waals surface area contributed by atoms with Crippen LogP contribution in [0.5, 0.6) is 0 Å². The lowest BCUT2D eigenvalue weighted by Crippen LogP contribution is -2.67. The van der Waals surface area contributed by atoms with Crippen molar-refractivity contribution < 1.29 is 0 Å². The van der Waals surface area contributed by atoms with E-state index >= 15 is 0 Å². The molecule has 0 spiro atoms. The van der Waals surface area contributed by atoms with Gasteiger partial charge >= 0.3 is 0 Å². The summed E-state index contributed by atoms with van der Waals surface area (Å²) < 4.78 is 0. The van der Waals surface area contributed by atoms with E-state index in [1.165, 1.54) is 74.4 Å². The van der Waals surface area contributed by atoms with Gasteiger partial charge in [0, 0.05) is 0 Å². The molecule has 0 N–H and O–H groups in total. The first-order valence-corrected chi connectivity index (χ1v) is 13.9. The van der Waals surface area contributed by atoms with Gasteiger partial charge in [-0.2, -0.15) is 22.7 Å². The van der Waals surface area contributed by atoms with Crippen LogP contribution >= 0.6 is 0 Å². The summed E-state index contributed by atoms with van der Waals surface area (Å²) in [5.41, 5.74) is 4.42. The highest BCUT2D eigenvalue weighted by molar-refractivity contribution is 7.14. The summed E-state index contributed by atoms with van der Waals surface area (Å²) in [6, 6.07) is 47.8. The zero-order valence-electron chi connectivity index (χ0n) is 21.7. The number of hydrogen-bond donors (Lipinski definition) is 0. The van der Waals surface area contributed by atoms with Gasteiger partial charge in [0.05, 0.1) is 6.15 Å². The fraction of sp³-hybridized carbons (Fsp3) is 0.167. The van der Waals surface area contributed by atoms with Crippen LogP contribution in [-0.4, -0.2) is 6.15 Å². The average molecular weight is 477 g/mol. The second-order valence-corrected chi connectivity index (χ2v) is 10.6. The van der Waals surface area contributed by atoms with Crippen molar-refractivity contribution >= 4 is 54.9 Å². The number of fused-ring (bicyclic) bond motifs is 3. The molecular weight excluding hydrogens is 443 g/mol. The van der Waals surface area contributed by atoms with Gasteiger partial charge in [-0.25, -0.2) is 0 Å². The van der Waals surface area contributed by atoms with E-state index in [1.807, 2.05) is 0 Å². The van der Waals surface area contributed by atoms with Crippen molar-refractivity contribution in [3.8, 4) is 0 Å². The minimum absolute atomic E-state index is 1.13. The van der Waals surface area contributed by atoms with Crippen LogP contribution in [-0.2, 0) is 0 Å². The van der Waals surface area contributed by atoms with Crippen LogP contribution < -0.4 is 16.4 Å². The summed E-state index contributed by atoms with van der Waals surface area (Å²) in [4.78, 5) is 0. The third kappa shape index (κ3) is 4.13. The van der Waals surface area contributed by atoms with Crippen molar-refractivity contribution in [3.63, 3.8) is 0 Å². The van der Waals surface area contributed by atoms with Crippen LogP contribution in [0.2, 0.25) is 6.32 Å². The van der Waals surface area contributed by atoms with Crippen LogP contribution in [0.3, 0.4) is 0 Å². The van der Waals surface area contributed by atoms with Gasteiger partial charge in [-0.05, 0) is 16.2 Å². The van der Waals surface area contributed by atoms with Crippen molar-refractivity contribution in [1.29, 1.82) is 0 Å². The highest BCUT2D eigenvalue weighted by Gasteiger charge is 2.33. The van der Waals surface area contributed by atoms with Gasteiger partial charge in [-0.3, -0.25) is 0 Å². The third-order valence-corrected chi connectivity index (χ3v) is 8.55. The number of hydrogen-bond acceptors (Lipinski definition) is 0. The second-order valence-electron chi connectivity index (χ2n) is 10.6. The molecule has 1 heteroatoms. The average Bonchev–Trinajstić information content (AvgIpc) is 2.97. The molecule has 0 radical (unpaired) electrons. The zero-order valence-corrected chi connectivity index (χ0v) is 21.7.